The minimum Gasteiger partial charge on any atom is -0.508 e. The third kappa shape index (κ3) is 3.87. The number of phenolic OH excluding ortho intramolecular Hbond substituents is 1. The number of fused-ring (bicyclic) bond motifs is 1. The molecule has 1 aromatic carbocycles. The van der Waals surface area contributed by atoms with Crippen molar-refractivity contribution in [3.8, 4) is 5.75 Å². The zero-order valence-electron chi connectivity index (χ0n) is 12.2. The van der Waals surface area contributed by atoms with E-state index in [0.717, 1.165) is 12.2 Å². The fraction of sp³-hybridized carbons (Fsp3) is 0.533. The average Bonchev–Trinajstić information content (AvgIpc) is 3.00. The highest BCUT2D eigenvalue weighted by Gasteiger charge is 2.44. The van der Waals surface area contributed by atoms with Gasteiger partial charge in [0.15, 0.2) is 0 Å². The van der Waals surface area contributed by atoms with E-state index < -0.39 is 0 Å². The maximum absolute atomic E-state index is 9.60. The molecule has 0 spiro atoms. The Morgan fingerprint density at radius 3 is 2.50 bits per heavy atom. The summed E-state index contributed by atoms with van der Waals surface area (Å²) < 4.78 is 4.55. The smallest absolute Gasteiger partial charge is 0.293 e. The van der Waals surface area contributed by atoms with Gasteiger partial charge >= 0.3 is 0 Å². The van der Waals surface area contributed by atoms with Gasteiger partial charge in [-0.25, -0.2) is 0 Å². The molecule has 0 bridgehead atoms. The minimum absolute atomic E-state index is 0.318. The van der Waals surface area contributed by atoms with Crippen molar-refractivity contribution in [1.82, 2.24) is 4.90 Å². The van der Waals surface area contributed by atoms with Crippen molar-refractivity contribution in [2.75, 3.05) is 24.5 Å². The molecule has 5 nitrogen and oxygen atoms in total. The first kappa shape index (κ1) is 14.7. The SMILES string of the molecule is CC(C)(C)OC=O.Oc1cccc(N2CCN3CC32)c1. The van der Waals surface area contributed by atoms with Crippen LogP contribution in [0.4, 0.5) is 5.69 Å². The van der Waals surface area contributed by atoms with Gasteiger partial charge in [0.05, 0.1) is 6.17 Å². The van der Waals surface area contributed by atoms with Crippen LogP contribution in [0.3, 0.4) is 0 Å². The number of hydrogen-bond donors (Lipinski definition) is 1. The summed E-state index contributed by atoms with van der Waals surface area (Å²) >= 11 is 0. The summed E-state index contributed by atoms with van der Waals surface area (Å²) in [6.07, 6.45) is 0.613. The lowest BCUT2D eigenvalue weighted by atomic mass is 10.2. The minimum atomic E-state index is -0.318. The van der Waals surface area contributed by atoms with Gasteiger partial charge in [0.2, 0.25) is 0 Å². The number of phenols is 1. The van der Waals surface area contributed by atoms with Gasteiger partial charge in [-0.05, 0) is 32.9 Å². The maximum atomic E-state index is 9.60. The summed E-state index contributed by atoms with van der Waals surface area (Å²) in [7, 11) is 0. The third-order valence-corrected chi connectivity index (χ3v) is 3.24. The van der Waals surface area contributed by atoms with Gasteiger partial charge in [-0.15, -0.1) is 0 Å². The van der Waals surface area contributed by atoms with Crippen LogP contribution in [0.25, 0.3) is 0 Å². The molecule has 110 valence electrons. The third-order valence-electron chi connectivity index (χ3n) is 3.24. The standard InChI is InChI=1S/C10H12N2O.C5H10O2/c13-9-3-1-2-8(6-9)12-5-4-11-7-10(11)12;1-5(2,3)7-4-6/h1-3,6,10,13H,4-5,7H2;4H,1-3H3. The van der Waals surface area contributed by atoms with Crippen molar-refractivity contribution in [2.45, 2.75) is 32.5 Å². The molecule has 2 atom stereocenters. The number of piperazine rings is 1. The fourth-order valence-corrected chi connectivity index (χ4v) is 2.20. The number of benzene rings is 1. The molecule has 2 unspecified atom stereocenters. The topological polar surface area (TPSA) is 52.8 Å². The quantitative estimate of drug-likeness (QED) is 0.660. The highest BCUT2D eigenvalue weighted by molar-refractivity contribution is 5.53. The van der Waals surface area contributed by atoms with Crippen LogP contribution in [0.15, 0.2) is 24.3 Å². The summed E-state index contributed by atoms with van der Waals surface area (Å²) in [5.74, 6) is 0.358. The van der Waals surface area contributed by atoms with Crippen molar-refractivity contribution in [2.24, 2.45) is 0 Å². The van der Waals surface area contributed by atoms with E-state index in [1.54, 1.807) is 6.07 Å². The molecule has 2 aliphatic heterocycles. The molecule has 0 aliphatic carbocycles. The summed E-state index contributed by atoms with van der Waals surface area (Å²) in [4.78, 5) is 14.4. The van der Waals surface area contributed by atoms with E-state index in [0.29, 0.717) is 18.4 Å². The van der Waals surface area contributed by atoms with Gasteiger partial charge in [-0.1, -0.05) is 6.07 Å². The number of anilines is 1. The van der Waals surface area contributed by atoms with Gasteiger partial charge in [-0.2, -0.15) is 0 Å². The Morgan fingerprint density at radius 2 is 2.10 bits per heavy atom. The van der Waals surface area contributed by atoms with Gasteiger partial charge < -0.3 is 14.7 Å². The summed E-state index contributed by atoms with van der Waals surface area (Å²) in [6, 6.07) is 7.50. The van der Waals surface area contributed by atoms with Crippen LogP contribution >= 0.6 is 0 Å². The molecular weight excluding hydrogens is 256 g/mol. The molecule has 1 N–H and O–H groups in total. The lowest BCUT2D eigenvalue weighted by molar-refractivity contribution is -0.138. The summed E-state index contributed by atoms with van der Waals surface area (Å²) in [5, 5.41) is 9.33. The Bertz CT molecular complexity index is 470. The van der Waals surface area contributed by atoms with Crippen molar-refractivity contribution in [3.63, 3.8) is 0 Å². The van der Waals surface area contributed by atoms with Gasteiger partial charge in [0, 0.05) is 31.4 Å². The molecule has 2 saturated heterocycles. The van der Waals surface area contributed by atoms with E-state index in [-0.39, 0.29) is 5.60 Å². The molecule has 2 heterocycles. The van der Waals surface area contributed by atoms with E-state index in [1.807, 2.05) is 32.9 Å². The second-order valence-electron chi connectivity index (χ2n) is 6.02. The summed E-state index contributed by atoms with van der Waals surface area (Å²) in [5.41, 5.74) is 0.826. The van der Waals surface area contributed by atoms with Crippen molar-refractivity contribution >= 4 is 12.2 Å². The van der Waals surface area contributed by atoms with Gasteiger partial charge in [-0.3, -0.25) is 9.69 Å². The van der Waals surface area contributed by atoms with Gasteiger partial charge in [0.25, 0.3) is 6.47 Å². The van der Waals surface area contributed by atoms with E-state index in [9.17, 15) is 9.90 Å². The zero-order valence-corrected chi connectivity index (χ0v) is 12.2. The Kier molecular flexibility index (Phi) is 4.18. The molecule has 0 aromatic heterocycles. The first-order chi connectivity index (χ1) is 9.40. The molecule has 2 fully saturated rings. The summed E-state index contributed by atoms with van der Waals surface area (Å²) in [6.45, 7) is 9.37. The fourth-order valence-electron chi connectivity index (χ4n) is 2.20. The zero-order chi connectivity index (χ0) is 14.8. The van der Waals surface area contributed by atoms with Crippen LogP contribution in [0, 0.1) is 0 Å². The second kappa shape index (κ2) is 5.71. The molecule has 0 saturated carbocycles. The van der Waals surface area contributed by atoms with Crippen LogP contribution < -0.4 is 4.90 Å². The molecule has 1 aromatic rings. The average molecular weight is 278 g/mol. The number of ether oxygens (including phenoxy) is 1. The molecule has 0 amide bonds. The van der Waals surface area contributed by atoms with E-state index in [1.165, 1.54) is 13.1 Å². The lowest BCUT2D eigenvalue weighted by Gasteiger charge is -2.18. The monoisotopic (exact) mass is 278 g/mol. The highest BCUT2D eigenvalue weighted by atomic mass is 16.5. The largest absolute Gasteiger partial charge is 0.508 e. The molecule has 20 heavy (non-hydrogen) atoms. The number of aromatic hydroxyl groups is 1. The normalized spacial score (nSPS) is 23.4. The van der Waals surface area contributed by atoms with Crippen LogP contribution in [0.1, 0.15) is 20.8 Å². The molecule has 5 heteroatoms. The lowest BCUT2D eigenvalue weighted by Crippen LogP contribution is -2.23. The van der Waals surface area contributed by atoms with Crippen LogP contribution in [0.2, 0.25) is 0 Å². The second-order valence-corrected chi connectivity index (χ2v) is 6.02. The first-order valence-corrected chi connectivity index (χ1v) is 6.82. The molecule has 3 rings (SSSR count). The number of carbonyl (C=O) groups excluding carboxylic acids is 1. The molecular formula is C15H22N2O3. The maximum Gasteiger partial charge on any atom is 0.293 e. The Balaban J connectivity index is 0.000000182. The molecule has 2 aliphatic rings. The van der Waals surface area contributed by atoms with Crippen LogP contribution in [-0.2, 0) is 9.53 Å². The van der Waals surface area contributed by atoms with E-state index >= 15 is 0 Å². The van der Waals surface area contributed by atoms with Gasteiger partial charge in [0.1, 0.15) is 11.4 Å². The number of hydrogen-bond acceptors (Lipinski definition) is 5. The number of carbonyl (C=O) groups is 1. The predicted octanol–water partition coefficient (Wildman–Crippen LogP) is 1.81. The Morgan fingerprint density at radius 1 is 1.35 bits per heavy atom. The Hall–Kier alpha value is -1.75. The highest BCUT2D eigenvalue weighted by Crippen LogP contribution is 2.33. The number of rotatable bonds is 2. The van der Waals surface area contributed by atoms with E-state index in [4.69, 9.17) is 0 Å². The van der Waals surface area contributed by atoms with Crippen LogP contribution in [0.5, 0.6) is 5.75 Å². The molecule has 0 radical (unpaired) electrons. The van der Waals surface area contributed by atoms with Crippen molar-refractivity contribution < 1.29 is 14.6 Å². The first-order valence-electron chi connectivity index (χ1n) is 6.82. The van der Waals surface area contributed by atoms with E-state index in [2.05, 4.69) is 20.6 Å². The van der Waals surface area contributed by atoms with Crippen molar-refractivity contribution in [3.05, 3.63) is 24.3 Å². The number of nitrogens with zero attached hydrogens (tertiary/aromatic N) is 2. The Labute approximate surface area is 119 Å². The predicted molar refractivity (Wildman–Crippen MR) is 77.7 cm³/mol. The van der Waals surface area contributed by atoms with Crippen LogP contribution in [-0.4, -0.2) is 47.9 Å². The van der Waals surface area contributed by atoms with Crippen molar-refractivity contribution in [1.29, 1.82) is 0 Å².